The minimum absolute atomic E-state index is 0.119. The van der Waals surface area contributed by atoms with Gasteiger partial charge in [0.15, 0.2) is 5.60 Å². The van der Waals surface area contributed by atoms with Crippen molar-refractivity contribution in [1.82, 2.24) is 9.55 Å². The molecule has 1 N–H and O–H groups in total. The number of methoxy groups -OCH3 is 1. The van der Waals surface area contributed by atoms with Crippen LogP contribution in [0.5, 0.6) is 5.75 Å². The van der Waals surface area contributed by atoms with Crippen molar-refractivity contribution in [1.29, 1.82) is 0 Å². The second-order valence-electron chi connectivity index (χ2n) is 8.74. The van der Waals surface area contributed by atoms with Crippen LogP contribution < -0.4 is 10.3 Å². The number of aromatic nitrogens is 2. The van der Waals surface area contributed by atoms with Crippen molar-refractivity contribution in [2.24, 2.45) is 0 Å². The Balaban J connectivity index is 1.48. The maximum atomic E-state index is 13.3. The summed E-state index contributed by atoms with van der Waals surface area (Å²) in [5.41, 5.74) is 3.73. The molecule has 7 heteroatoms. The highest BCUT2D eigenvalue weighted by Gasteiger charge is 2.45. The second kappa shape index (κ2) is 7.27. The first-order valence-corrected chi connectivity index (χ1v) is 11.2. The molecule has 7 nitrogen and oxygen atoms in total. The molecule has 1 atom stereocenters. The number of cyclic esters (lactones) is 1. The van der Waals surface area contributed by atoms with Gasteiger partial charge >= 0.3 is 5.97 Å². The molecule has 0 spiro atoms. The zero-order valence-electron chi connectivity index (χ0n) is 18.8. The Hall–Kier alpha value is -3.97. The van der Waals surface area contributed by atoms with E-state index in [2.05, 4.69) is 12.1 Å². The first kappa shape index (κ1) is 20.6. The number of nitrogens with zero attached hydrogens (tertiary/aromatic N) is 2. The smallest absolute Gasteiger partial charge is 0.343 e. The number of ether oxygens (including phenoxy) is 2. The van der Waals surface area contributed by atoms with Crippen LogP contribution in [-0.4, -0.2) is 27.7 Å². The molecule has 0 saturated carbocycles. The quantitative estimate of drug-likeness (QED) is 0.418. The number of benzene rings is 2. The maximum Gasteiger partial charge on any atom is 0.343 e. The van der Waals surface area contributed by atoms with Gasteiger partial charge in [0.05, 0.1) is 36.1 Å². The lowest BCUT2D eigenvalue weighted by atomic mass is 9.86. The fourth-order valence-corrected chi connectivity index (χ4v) is 4.95. The molecule has 4 aromatic rings. The predicted octanol–water partition coefficient (Wildman–Crippen LogP) is 3.76. The summed E-state index contributed by atoms with van der Waals surface area (Å²) in [7, 11) is 1.64. The van der Waals surface area contributed by atoms with Gasteiger partial charge in [0, 0.05) is 16.5 Å². The number of hydrogen-bond donors (Lipinski definition) is 1. The van der Waals surface area contributed by atoms with Crippen molar-refractivity contribution >= 4 is 16.9 Å². The van der Waals surface area contributed by atoms with Gasteiger partial charge in [-0.2, -0.15) is 0 Å². The molecule has 0 radical (unpaired) electrons. The molecular weight excluding hydrogens is 432 g/mol. The SMILES string of the molecule is CC[C@@]1(O)C(=O)OCc2c1cc1n(c2=O)Cc2cc3cc(-c4ccc(OC)cc4)ccc3nc2-1. The van der Waals surface area contributed by atoms with Crippen molar-refractivity contribution in [2.45, 2.75) is 32.1 Å². The van der Waals surface area contributed by atoms with Crippen molar-refractivity contribution in [2.75, 3.05) is 7.11 Å². The Labute approximate surface area is 195 Å². The van der Waals surface area contributed by atoms with Gasteiger partial charge in [0.2, 0.25) is 0 Å². The number of aliphatic hydroxyl groups is 1. The lowest BCUT2D eigenvalue weighted by molar-refractivity contribution is -0.172. The Morgan fingerprint density at radius 1 is 1.09 bits per heavy atom. The highest BCUT2D eigenvalue weighted by atomic mass is 16.6. The van der Waals surface area contributed by atoms with Gasteiger partial charge in [-0.15, -0.1) is 0 Å². The third kappa shape index (κ3) is 2.83. The van der Waals surface area contributed by atoms with Gasteiger partial charge in [-0.1, -0.05) is 25.1 Å². The first-order valence-electron chi connectivity index (χ1n) is 11.2. The second-order valence-corrected chi connectivity index (χ2v) is 8.74. The fraction of sp³-hybridized carbons (Fsp3) is 0.222. The summed E-state index contributed by atoms with van der Waals surface area (Å²) in [6, 6.07) is 17.7. The van der Waals surface area contributed by atoms with Gasteiger partial charge in [-0.25, -0.2) is 9.78 Å². The van der Waals surface area contributed by atoms with Crippen LogP contribution in [0.25, 0.3) is 33.4 Å². The number of fused-ring (bicyclic) bond motifs is 5. The molecule has 34 heavy (non-hydrogen) atoms. The van der Waals surface area contributed by atoms with Crippen LogP contribution >= 0.6 is 0 Å². The maximum absolute atomic E-state index is 13.3. The molecule has 6 rings (SSSR count). The molecule has 2 aromatic carbocycles. The van der Waals surface area contributed by atoms with Crippen molar-refractivity contribution < 1.29 is 19.4 Å². The number of carbonyl (C=O) groups excluding carboxylic acids is 1. The van der Waals surface area contributed by atoms with E-state index in [1.54, 1.807) is 24.7 Å². The number of carbonyl (C=O) groups is 1. The lowest BCUT2D eigenvalue weighted by Crippen LogP contribution is -2.44. The van der Waals surface area contributed by atoms with Crippen LogP contribution in [0.15, 0.2) is 59.4 Å². The van der Waals surface area contributed by atoms with Crippen LogP contribution in [0.1, 0.15) is 30.0 Å². The van der Waals surface area contributed by atoms with Crippen LogP contribution in [-0.2, 0) is 28.3 Å². The summed E-state index contributed by atoms with van der Waals surface area (Å²) in [5, 5.41) is 12.0. The van der Waals surface area contributed by atoms with Gasteiger partial charge in [-0.05, 0) is 53.9 Å². The average Bonchev–Trinajstić information content (AvgIpc) is 3.22. The Morgan fingerprint density at radius 3 is 2.59 bits per heavy atom. The van der Waals surface area contributed by atoms with E-state index >= 15 is 0 Å². The highest BCUT2D eigenvalue weighted by Crippen LogP contribution is 2.39. The summed E-state index contributed by atoms with van der Waals surface area (Å²) in [6.45, 7) is 1.94. The summed E-state index contributed by atoms with van der Waals surface area (Å²) >= 11 is 0. The third-order valence-corrected chi connectivity index (χ3v) is 6.93. The Bertz CT molecular complexity index is 1550. The zero-order valence-corrected chi connectivity index (χ0v) is 18.8. The minimum Gasteiger partial charge on any atom is -0.497 e. The molecule has 2 aliphatic heterocycles. The molecular formula is C27H22N2O5. The monoisotopic (exact) mass is 454 g/mol. The van der Waals surface area contributed by atoms with Crippen LogP contribution in [0.3, 0.4) is 0 Å². The lowest BCUT2D eigenvalue weighted by Gasteiger charge is -2.31. The van der Waals surface area contributed by atoms with E-state index < -0.39 is 11.6 Å². The molecule has 2 aromatic heterocycles. The van der Waals surface area contributed by atoms with E-state index in [0.29, 0.717) is 29.1 Å². The minimum atomic E-state index is -1.82. The van der Waals surface area contributed by atoms with Gasteiger partial charge in [0.1, 0.15) is 12.4 Å². The summed E-state index contributed by atoms with van der Waals surface area (Å²) < 4.78 is 12.0. The van der Waals surface area contributed by atoms with E-state index in [1.807, 2.05) is 36.4 Å². The summed E-state index contributed by atoms with van der Waals surface area (Å²) in [4.78, 5) is 30.5. The van der Waals surface area contributed by atoms with E-state index in [1.165, 1.54) is 0 Å². The topological polar surface area (TPSA) is 90.7 Å². The average molecular weight is 454 g/mol. The van der Waals surface area contributed by atoms with Gasteiger partial charge in [0.25, 0.3) is 5.56 Å². The molecule has 2 aliphatic rings. The Kier molecular flexibility index (Phi) is 4.41. The molecule has 0 bridgehead atoms. The van der Waals surface area contributed by atoms with Crippen LogP contribution in [0.2, 0.25) is 0 Å². The fourth-order valence-electron chi connectivity index (χ4n) is 4.95. The first-order chi connectivity index (χ1) is 16.4. The van der Waals surface area contributed by atoms with Crippen molar-refractivity contribution in [3.05, 3.63) is 81.6 Å². The van der Waals surface area contributed by atoms with Gasteiger partial charge < -0.3 is 19.1 Å². The van der Waals surface area contributed by atoms with Crippen LogP contribution in [0, 0.1) is 0 Å². The number of esters is 1. The van der Waals surface area contributed by atoms with Gasteiger partial charge in [-0.3, -0.25) is 4.79 Å². The van der Waals surface area contributed by atoms with Crippen molar-refractivity contribution in [3.8, 4) is 28.3 Å². The van der Waals surface area contributed by atoms with Crippen LogP contribution in [0.4, 0.5) is 0 Å². The molecule has 0 aliphatic carbocycles. The van der Waals surface area contributed by atoms with E-state index in [-0.39, 0.29) is 18.6 Å². The predicted molar refractivity (Wildman–Crippen MR) is 127 cm³/mol. The molecule has 0 saturated heterocycles. The normalized spacial score (nSPS) is 18.3. The number of rotatable bonds is 3. The standard InChI is InChI=1S/C27H22N2O5/c1-3-27(32)21-12-23-24-18(13-29(23)25(30)20(21)14-34-26(27)31)11-17-10-16(6-9-22(17)28-24)15-4-7-19(33-2)8-5-15/h4-12,32H,3,13-14H2,1-2H3/t27-/m0/s1. The summed E-state index contributed by atoms with van der Waals surface area (Å²) in [6.07, 6.45) is 0.119. The molecule has 170 valence electrons. The van der Waals surface area contributed by atoms with E-state index in [9.17, 15) is 14.7 Å². The Morgan fingerprint density at radius 2 is 1.85 bits per heavy atom. The highest BCUT2D eigenvalue weighted by molar-refractivity contribution is 5.89. The van der Waals surface area contributed by atoms with E-state index in [4.69, 9.17) is 14.5 Å². The largest absolute Gasteiger partial charge is 0.497 e. The summed E-state index contributed by atoms with van der Waals surface area (Å²) in [5.74, 6) is 0.0830. The van der Waals surface area contributed by atoms with Crippen molar-refractivity contribution in [3.63, 3.8) is 0 Å². The number of hydrogen-bond acceptors (Lipinski definition) is 6. The zero-order chi connectivity index (χ0) is 23.6. The van der Waals surface area contributed by atoms with E-state index in [0.717, 1.165) is 33.3 Å². The molecule has 0 unspecified atom stereocenters. The molecule has 0 amide bonds. The number of pyridine rings is 2. The third-order valence-electron chi connectivity index (χ3n) is 6.93. The molecule has 4 heterocycles. The molecule has 0 fully saturated rings.